The second-order valence-corrected chi connectivity index (χ2v) is 9.54. The van der Waals surface area contributed by atoms with E-state index in [0.29, 0.717) is 11.3 Å². The quantitative estimate of drug-likeness (QED) is 0.635. The summed E-state index contributed by atoms with van der Waals surface area (Å²) in [6.45, 7) is 3.74. The minimum Gasteiger partial charge on any atom is -0.484 e. The number of carbonyl (C=O) groups excluding carboxylic acids is 2. The third kappa shape index (κ3) is 6.53. The molecule has 0 aliphatic heterocycles. The van der Waals surface area contributed by atoms with E-state index in [2.05, 4.69) is 5.32 Å². The Hall–Kier alpha value is -2.91. The zero-order valence-corrected chi connectivity index (χ0v) is 19.3. The molecule has 1 N–H and O–H groups in total. The molecule has 8 nitrogen and oxygen atoms in total. The monoisotopic (exact) mass is 447 g/mol. The van der Waals surface area contributed by atoms with Gasteiger partial charge in [0, 0.05) is 39.3 Å². The highest BCUT2D eigenvalue weighted by Crippen LogP contribution is 2.17. The topological polar surface area (TPSA) is 96.0 Å². The molecule has 0 unspecified atom stereocenters. The molecule has 168 valence electrons. The third-order valence-electron chi connectivity index (χ3n) is 4.74. The fourth-order valence-electron chi connectivity index (χ4n) is 2.51. The van der Waals surface area contributed by atoms with Crippen molar-refractivity contribution in [2.24, 2.45) is 0 Å². The van der Waals surface area contributed by atoms with E-state index in [9.17, 15) is 18.0 Å². The molecule has 2 rings (SSSR count). The number of carbonyl (C=O) groups is 2. The van der Waals surface area contributed by atoms with Crippen LogP contribution < -0.4 is 10.1 Å². The third-order valence-corrected chi connectivity index (χ3v) is 6.79. The Morgan fingerprint density at radius 1 is 1.03 bits per heavy atom. The Bertz CT molecular complexity index is 1020. The van der Waals surface area contributed by atoms with Crippen molar-refractivity contribution in [3.63, 3.8) is 0 Å². The lowest BCUT2D eigenvalue weighted by molar-refractivity contribution is -0.130. The number of amides is 2. The number of hydrogen-bond donors (Lipinski definition) is 1. The molecule has 0 saturated carbocycles. The van der Waals surface area contributed by atoms with Gasteiger partial charge in [0.05, 0.1) is 4.90 Å². The van der Waals surface area contributed by atoms with Gasteiger partial charge in [-0.2, -0.15) is 4.31 Å². The average Bonchev–Trinajstić information content (AvgIpc) is 2.75. The van der Waals surface area contributed by atoms with Crippen LogP contribution in [-0.4, -0.2) is 63.2 Å². The Morgan fingerprint density at radius 3 is 2.26 bits per heavy atom. The molecule has 2 amide bonds. The Kier molecular flexibility index (Phi) is 8.18. The van der Waals surface area contributed by atoms with Crippen molar-refractivity contribution in [3.05, 3.63) is 59.7 Å². The van der Waals surface area contributed by atoms with Crippen LogP contribution in [0.25, 0.3) is 0 Å². The van der Waals surface area contributed by atoms with Gasteiger partial charge in [0.25, 0.3) is 11.8 Å². The van der Waals surface area contributed by atoms with E-state index >= 15 is 0 Å². The lowest BCUT2D eigenvalue weighted by Gasteiger charge is -2.21. The first-order valence-electron chi connectivity index (χ1n) is 9.80. The Balaban J connectivity index is 1.98. The zero-order chi connectivity index (χ0) is 23.2. The van der Waals surface area contributed by atoms with Crippen molar-refractivity contribution in [1.29, 1.82) is 0 Å². The molecular formula is C22H29N3O5S. The SMILES string of the molecule is CC(C)N(C)S(=O)(=O)c1ccc(CNC(=O)c2cccc(OCC(=O)N(C)C)c2)cc1. The minimum atomic E-state index is -3.55. The van der Waals surface area contributed by atoms with Crippen LogP contribution in [0.2, 0.25) is 0 Å². The van der Waals surface area contributed by atoms with Gasteiger partial charge in [-0.3, -0.25) is 9.59 Å². The number of ether oxygens (including phenoxy) is 1. The van der Waals surface area contributed by atoms with Gasteiger partial charge in [0.2, 0.25) is 10.0 Å². The number of rotatable bonds is 9. The van der Waals surface area contributed by atoms with Crippen LogP contribution in [0, 0.1) is 0 Å². The highest BCUT2D eigenvalue weighted by atomic mass is 32.2. The first-order chi connectivity index (χ1) is 14.5. The second kappa shape index (κ2) is 10.4. The molecule has 0 atom stereocenters. The minimum absolute atomic E-state index is 0.112. The summed E-state index contributed by atoms with van der Waals surface area (Å²) < 4.78 is 31.8. The molecule has 0 aliphatic carbocycles. The molecular weight excluding hydrogens is 418 g/mol. The highest BCUT2D eigenvalue weighted by molar-refractivity contribution is 7.89. The van der Waals surface area contributed by atoms with Gasteiger partial charge in [-0.15, -0.1) is 0 Å². The van der Waals surface area contributed by atoms with Crippen molar-refractivity contribution in [2.45, 2.75) is 31.3 Å². The summed E-state index contributed by atoms with van der Waals surface area (Å²) in [5, 5.41) is 2.80. The van der Waals surface area contributed by atoms with Gasteiger partial charge < -0.3 is 15.0 Å². The predicted octanol–water partition coefficient (Wildman–Crippen LogP) is 2.11. The molecule has 9 heteroatoms. The fraction of sp³-hybridized carbons (Fsp3) is 0.364. The maximum Gasteiger partial charge on any atom is 0.259 e. The smallest absolute Gasteiger partial charge is 0.259 e. The number of nitrogens with one attached hydrogen (secondary N) is 1. The van der Waals surface area contributed by atoms with Crippen LogP contribution in [0.1, 0.15) is 29.8 Å². The van der Waals surface area contributed by atoms with Crippen molar-refractivity contribution in [1.82, 2.24) is 14.5 Å². The summed E-state index contributed by atoms with van der Waals surface area (Å²) in [5.41, 5.74) is 1.16. The van der Waals surface area contributed by atoms with E-state index in [0.717, 1.165) is 5.56 Å². The molecule has 0 saturated heterocycles. The summed E-state index contributed by atoms with van der Waals surface area (Å²) in [7, 11) is 1.28. The molecule has 0 heterocycles. The number of hydrogen-bond acceptors (Lipinski definition) is 5. The molecule has 0 spiro atoms. The van der Waals surface area contributed by atoms with Gasteiger partial charge in [-0.25, -0.2) is 8.42 Å². The predicted molar refractivity (Wildman–Crippen MR) is 118 cm³/mol. The van der Waals surface area contributed by atoms with Gasteiger partial charge in [0.15, 0.2) is 6.61 Å². The van der Waals surface area contributed by atoms with E-state index < -0.39 is 10.0 Å². The van der Waals surface area contributed by atoms with Crippen LogP contribution in [0.4, 0.5) is 0 Å². The van der Waals surface area contributed by atoms with Crippen LogP contribution in [0.3, 0.4) is 0 Å². The number of benzene rings is 2. The van der Waals surface area contributed by atoms with Crippen LogP contribution in [-0.2, 0) is 21.4 Å². The standard InChI is InChI=1S/C22H29N3O5S/c1-16(2)25(5)31(28,29)20-11-9-17(10-12-20)14-23-22(27)18-7-6-8-19(13-18)30-15-21(26)24(3)4/h6-13,16H,14-15H2,1-5H3,(H,23,27). The Morgan fingerprint density at radius 2 is 1.68 bits per heavy atom. The lowest BCUT2D eigenvalue weighted by Crippen LogP contribution is -2.33. The lowest BCUT2D eigenvalue weighted by atomic mass is 10.2. The van der Waals surface area contributed by atoms with E-state index in [1.807, 2.05) is 13.8 Å². The van der Waals surface area contributed by atoms with Crippen LogP contribution >= 0.6 is 0 Å². The average molecular weight is 448 g/mol. The summed E-state index contributed by atoms with van der Waals surface area (Å²) in [6, 6.07) is 12.8. The van der Waals surface area contributed by atoms with Gasteiger partial charge in [0.1, 0.15) is 5.75 Å². The summed E-state index contributed by atoms with van der Waals surface area (Å²) in [6.07, 6.45) is 0. The highest BCUT2D eigenvalue weighted by Gasteiger charge is 2.22. The van der Waals surface area contributed by atoms with E-state index in [-0.39, 0.29) is 35.9 Å². The molecule has 2 aromatic rings. The van der Waals surface area contributed by atoms with Crippen LogP contribution in [0.15, 0.2) is 53.4 Å². The van der Waals surface area contributed by atoms with E-state index in [1.54, 1.807) is 57.5 Å². The molecule has 31 heavy (non-hydrogen) atoms. The largest absolute Gasteiger partial charge is 0.484 e. The zero-order valence-electron chi connectivity index (χ0n) is 18.5. The van der Waals surface area contributed by atoms with Crippen molar-refractivity contribution in [3.8, 4) is 5.75 Å². The molecule has 0 aromatic heterocycles. The Labute approximate surface area is 183 Å². The van der Waals surface area contributed by atoms with E-state index in [4.69, 9.17) is 4.74 Å². The number of likely N-dealkylation sites (N-methyl/N-ethyl adjacent to an activating group) is 1. The molecule has 2 aromatic carbocycles. The van der Waals surface area contributed by atoms with Crippen LogP contribution in [0.5, 0.6) is 5.75 Å². The van der Waals surface area contributed by atoms with Gasteiger partial charge in [-0.05, 0) is 49.7 Å². The first-order valence-corrected chi connectivity index (χ1v) is 11.2. The van der Waals surface area contributed by atoms with Crippen molar-refractivity contribution in [2.75, 3.05) is 27.7 Å². The molecule has 0 fully saturated rings. The molecule has 0 radical (unpaired) electrons. The molecule has 0 aliphatic rings. The second-order valence-electron chi connectivity index (χ2n) is 7.55. The van der Waals surface area contributed by atoms with Crippen molar-refractivity contribution >= 4 is 21.8 Å². The molecule has 0 bridgehead atoms. The normalized spacial score (nSPS) is 11.5. The van der Waals surface area contributed by atoms with E-state index in [1.165, 1.54) is 21.3 Å². The van der Waals surface area contributed by atoms with Gasteiger partial charge >= 0.3 is 0 Å². The summed E-state index contributed by atoms with van der Waals surface area (Å²) in [4.78, 5) is 25.7. The van der Waals surface area contributed by atoms with Gasteiger partial charge in [-0.1, -0.05) is 18.2 Å². The number of nitrogens with zero attached hydrogens (tertiary/aromatic N) is 2. The maximum atomic E-state index is 12.5. The fourth-order valence-corrected chi connectivity index (χ4v) is 3.88. The summed E-state index contributed by atoms with van der Waals surface area (Å²) in [5.74, 6) is -0.0628. The maximum absolute atomic E-state index is 12.5. The number of sulfonamides is 1. The first kappa shape index (κ1) is 24.4. The summed E-state index contributed by atoms with van der Waals surface area (Å²) >= 11 is 0. The van der Waals surface area contributed by atoms with Crippen molar-refractivity contribution < 1.29 is 22.7 Å².